The van der Waals surface area contributed by atoms with Gasteiger partial charge in [0.25, 0.3) is 11.8 Å². The van der Waals surface area contributed by atoms with Crippen LogP contribution in [0, 0.1) is 5.82 Å². The number of rotatable bonds is 7. The van der Waals surface area contributed by atoms with Crippen molar-refractivity contribution in [3.8, 4) is 0 Å². The van der Waals surface area contributed by atoms with Crippen LogP contribution in [0.3, 0.4) is 0 Å². The summed E-state index contributed by atoms with van der Waals surface area (Å²) in [5.41, 5.74) is 2.02. The standard InChI is InChI=1S/C29H34FN3O3S/c30-24-6-2-1-5-23(24)20-33-25-7-3-4-8-26(25)37-27(29(33)35)19-21-9-11-22(12-10-21)28(34)31-13-14-32-15-17-36-18-16-32/h1-2,5-6,9-12,19,25-26H,3-4,7-8,13-18,20H2,(H,31,34)/b27-19-. The number of halogens is 1. The first-order valence-corrected chi connectivity index (χ1v) is 14.1. The summed E-state index contributed by atoms with van der Waals surface area (Å²) in [4.78, 5) is 31.0. The van der Waals surface area contributed by atoms with Crippen LogP contribution in [0.2, 0.25) is 0 Å². The maximum absolute atomic E-state index is 14.4. The van der Waals surface area contributed by atoms with Gasteiger partial charge in [0.1, 0.15) is 5.82 Å². The van der Waals surface area contributed by atoms with E-state index in [4.69, 9.17) is 4.74 Å². The Morgan fingerprint density at radius 1 is 1.08 bits per heavy atom. The number of nitrogens with one attached hydrogen (secondary N) is 1. The van der Waals surface area contributed by atoms with E-state index < -0.39 is 0 Å². The maximum atomic E-state index is 14.4. The van der Waals surface area contributed by atoms with Gasteiger partial charge in [0.15, 0.2) is 0 Å². The summed E-state index contributed by atoms with van der Waals surface area (Å²) >= 11 is 1.66. The van der Waals surface area contributed by atoms with Crippen LogP contribution in [0.1, 0.15) is 47.2 Å². The van der Waals surface area contributed by atoms with E-state index in [0.717, 1.165) is 64.1 Å². The van der Waals surface area contributed by atoms with E-state index in [9.17, 15) is 14.0 Å². The lowest BCUT2D eigenvalue weighted by atomic mass is 9.92. The zero-order chi connectivity index (χ0) is 25.6. The molecule has 0 radical (unpaired) electrons. The minimum absolute atomic E-state index is 0.0404. The zero-order valence-corrected chi connectivity index (χ0v) is 21.9. The fourth-order valence-corrected chi connectivity index (χ4v) is 6.78. The van der Waals surface area contributed by atoms with Crippen molar-refractivity contribution in [3.63, 3.8) is 0 Å². The molecule has 3 fully saturated rings. The molecule has 2 saturated heterocycles. The fraction of sp³-hybridized carbons (Fsp3) is 0.448. The van der Waals surface area contributed by atoms with E-state index in [1.54, 1.807) is 36.0 Å². The van der Waals surface area contributed by atoms with Gasteiger partial charge in [-0.3, -0.25) is 14.5 Å². The molecular formula is C29H34FN3O3S. The van der Waals surface area contributed by atoms with E-state index in [0.29, 0.717) is 27.8 Å². The van der Waals surface area contributed by atoms with Gasteiger partial charge < -0.3 is 15.0 Å². The van der Waals surface area contributed by atoms with Gasteiger partial charge in [-0.25, -0.2) is 4.39 Å². The number of morpholine rings is 1. The summed E-state index contributed by atoms with van der Waals surface area (Å²) in [5, 5.41) is 3.31. The molecule has 1 saturated carbocycles. The Hall–Kier alpha value is -2.68. The average molecular weight is 524 g/mol. The molecule has 0 spiro atoms. The quantitative estimate of drug-likeness (QED) is 0.548. The Bertz CT molecular complexity index is 1130. The fourth-order valence-electron chi connectivity index (χ4n) is 5.31. The zero-order valence-electron chi connectivity index (χ0n) is 21.0. The molecule has 3 aliphatic rings. The number of hydrogen-bond donors (Lipinski definition) is 1. The Morgan fingerprint density at radius 3 is 2.62 bits per heavy atom. The SMILES string of the molecule is O=C(NCCN1CCOCC1)c1ccc(/C=C2\SC3CCCCC3N(Cc3ccccc3F)C2=O)cc1. The highest BCUT2D eigenvalue weighted by Gasteiger charge is 2.40. The summed E-state index contributed by atoms with van der Waals surface area (Å²) < 4.78 is 19.8. The maximum Gasteiger partial charge on any atom is 0.260 e. The van der Waals surface area contributed by atoms with Gasteiger partial charge in [-0.1, -0.05) is 43.2 Å². The van der Waals surface area contributed by atoms with Gasteiger partial charge in [0.05, 0.1) is 18.1 Å². The van der Waals surface area contributed by atoms with Crippen molar-refractivity contribution in [2.45, 2.75) is 43.5 Å². The van der Waals surface area contributed by atoms with E-state index in [2.05, 4.69) is 10.2 Å². The highest BCUT2D eigenvalue weighted by Crippen LogP contribution is 2.42. The lowest BCUT2D eigenvalue weighted by Crippen LogP contribution is -2.50. The van der Waals surface area contributed by atoms with Crippen LogP contribution in [-0.2, 0) is 16.1 Å². The first-order valence-electron chi connectivity index (χ1n) is 13.2. The van der Waals surface area contributed by atoms with Crippen LogP contribution in [0.5, 0.6) is 0 Å². The molecule has 2 heterocycles. The second kappa shape index (κ2) is 12.2. The van der Waals surface area contributed by atoms with Crippen LogP contribution in [0.4, 0.5) is 4.39 Å². The second-order valence-corrected chi connectivity index (χ2v) is 11.2. The third kappa shape index (κ3) is 6.43. The molecular weight excluding hydrogens is 489 g/mol. The highest BCUT2D eigenvalue weighted by molar-refractivity contribution is 8.04. The highest BCUT2D eigenvalue weighted by atomic mass is 32.2. The largest absolute Gasteiger partial charge is 0.379 e. The molecule has 2 atom stereocenters. The Morgan fingerprint density at radius 2 is 1.84 bits per heavy atom. The van der Waals surface area contributed by atoms with Crippen LogP contribution < -0.4 is 5.32 Å². The summed E-state index contributed by atoms with van der Waals surface area (Å²) in [7, 11) is 0. The molecule has 5 rings (SSSR count). The first-order chi connectivity index (χ1) is 18.1. The van der Waals surface area contributed by atoms with E-state index in [-0.39, 0.29) is 30.2 Å². The smallest absolute Gasteiger partial charge is 0.260 e. The molecule has 1 N–H and O–H groups in total. The van der Waals surface area contributed by atoms with Crippen molar-refractivity contribution in [2.75, 3.05) is 39.4 Å². The van der Waals surface area contributed by atoms with E-state index >= 15 is 0 Å². The van der Waals surface area contributed by atoms with Crippen molar-refractivity contribution < 1.29 is 18.7 Å². The number of hydrogen-bond acceptors (Lipinski definition) is 5. The van der Waals surface area contributed by atoms with Crippen molar-refractivity contribution in [2.24, 2.45) is 0 Å². The van der Waals surface area contributed by atoms with Crippen LogP contribution in [-0.4, -0.2) is 72.3 Å². The van der Waals surface area contributed by atoms with Crippen LogP contribution >= 0.6 is 11.8 Å². The number of carbonyl (C=O) groups is 2. The topological polar surface area (TPSA) is 61.9 Å². The van der Waals surface area contributed by atoms with Gasteiger partial charge in [0, 0.05) is 55.1 Å². The lowest BCUT2D eigenvalue weighted by Gasteiger charge is -2.44. The van der Waals surface area contributed by atoms with E-state index in [1.165, 1.54) is 6.07 Å². The summed E-state index contributed by atoms with van der Waals surface area (Å²) in [6, 6.07) is 14.2. The minimum Gasteiger partial charge on any atom is -0.379 e. The summed E-state index contributed by atoms with van der Waals surface area (Å²) in [6.07, 6.45) is 6.17. The third-order valence-corrected chi connectivity index (χ3v) is 8.80. The predicted molar refractivity (Wildman–Crippen MR) is 145 cm³/mol. The third-order valence-electron chi connectivity index (χ3n) is 7.40. The Labute approximate surface area is 222 Å². The van der Waals surface area contributed by atoms with Gasteiger partial charge in [-0.15, -0.1) is 11.8 Å². The molecule has 1 aliphatic carbocycles. The van der Waals surface area contributed by atoms with Gasteiger partial charge >= 0.3 is 0 Å². The summed E-state index contributed by atoms with van der Waals surface area (Å²) in [5.74, 6) is -0.414. The molecule has 2 aromatic carbocycles. The molecule has 37 heavy (non-hydrogen) atoms. The number of nitrogens with zero attached hydrogens (tertiary/aromatic N) is 2. The Balaban J connectivity index is 1.25. The minimum atomic E-state index is -0.273. The molecule has 196 valence electrons. The number of carbonyl (C=O) groups excluding carboxylic acids is 2. The molecule has 0 aromatic heterocycles. The molecule has 6 nitrogen and oxygen atoms in total. The number of thioether (sulfide) groups is 1. The monoisotopic (exact) mass is 523 g/mol. The number of fused-ring (bicyclic) bond motifs is 1. The molecule has 2 aromatic rings. The van der Waals surface area contributed by atoms with Crippen molar-refractivity contribution >= 4 is 29.7 Å². The van der Waals surface area contributed by atoms with Crippen molar-refractivity contribution in [3.05, 3.63) is 75.9 Å². The summed E-state index contributed by atoms with van der Waals surface area (Å²) in [6.45, 7) is 4.97. The first kappa shape index (κ1) is 25.9. The normalized spacial score (nSPS) is 23.6. The van der Waals surface area contributed by atoms with E-state index in [1.807, 2.05) is 29.2 Å². The van der Waals surface area contributed by atoms with Gasteiger partial charge in [-0.2, -0.15) is 0 Å². The number of benzene rings is 2. The van der Waals surface area contributed by atoms with Crippen LogP contribution in [0.15, 0.2) is 53.4 Å². The molecule has 0 bridgehead atoms. The van der Waals surface area contributed by atoms with Gasteiger partial charge in [-0.05, 0) is 42.7 Å². The van der Waals surface area contributed by atoms with Crippen molar-refractivity contribution in [1.82, 2.24) is 15.1 Å². The second-order valence-electron chi connectivity index (χ2n) is 9.87. The van der Waals surface area contributed by atoms with Gasteiger partial charge in [0.2, 0.25) is 0 Å². The number of ether oxygens (including phenoxy) is 1. The predicted octanol–water partition coefficient (Wildman–Crippen LogP) is 4.32. The molecule has 2 amide bonds. The molecule has 2 aliphatic heterocycles. The lowest BCUT2D eigenvalue weighted by molar-refractivity contribution is -0.130. The number of amides is 2. The molecule has 2 unspecified atom stereocenters. The van der Waals surface area contributed by atoms with Crippen molar-refractivity contribution in [1.29, 1.82) is 0 Å². The van der Waals surface area contributed by atoms with Crippen LogP contribution in [0.25, 0.3) is 6.08 Å². The Kier molecular flexibility index (Phi) is 8.59. The molecule has 8 heteroatoms. The average Bonchev–Trinajstić information content (AvgIpc) is 2.93.